The van der Waals surface area contributed by atoms with Crippen molar-refractivity contribution in [3.63, 3.8) is 0 Å². The summed E-state index contributed by atoms with van der Waals surface area (Å²) < 4.78 is 0. The van der Waals surface area contributed by atoms with Gasteiger partial charge in [0.1, 0.15) is 0 Å². The van der Waals surface area contributed by atoms with Crippen LogP contribution in [-0.2, 0) is 9.59 Å². The minimum atomic E-state index is -0.781. The van der Waals surface area contributed by atoms with E-state index in [4.69, 9.17) is 16.7 Å². The van der Waals surface area contributed by atoms with Crippen molar-refractivity contribution in [2.45, 2.75) is 19.4 Å². The zero-order chi connectivity index (χ0) is 15.4. The average molecular weight is 311 g/mol. The van der Waals surface area contributed by atoms with E-state index in [9.17, 15) is 9.59 Å². The Morgan fingerprint density at radius 3 is 2.71 bits per heavy atom. The van der Waals surface area contributed by atoms with Crippen molar-refractivity contribution in [1.29, 1.82) is 0 Å². The molecule has 1 saturated heterocycles. The normalized spacial score (nSPS) is 17.0. The van der Waals surface area contributed by atoms with Crippen molar-refractivity contribution in [3.05, 3.63) is 34.9 Å². The van der Waals surface area contributed by atoms with E-state index >= 15 is 0 Å². The van der Waals surface area contributed by atoms with Gasteiger partial charge in [0.15, 0.2) is 0 Å². The highest BCUT2D eigenvalue weighted by Gasteiger charge is 2.29. The lowest BCUT2D eigenvalue weighted by Gasteiger charge is -2.38. The monoisotopic (exact) mass is 310 g/mol. The first kappa shape index (κ1) is 15.8. The fourth-order valence-electron chi connectivity index (χ4n) is 2.58. The number of benzene rings is 1. The largest absolute Gasteiger partial charge is 0.481 e. The molecule has 1 amide bonds. The van der Waals surface area contributed by atoms with Crippen molar-refractivity contribution >= 4 is 23.5 Å². The summed E-state index contributed by atoms with van der Waals surface area (Å²) in [6.45, 7) is 3.52. The number of hydrogen-bond donors (Lipinski definition) is 2. The summed E-state index contributed by atoms with van der Waals surface area (Å²) in [7, 11) is 0. The van der Waals surface area contributed by atoms with Crippen LogP contribution < -0.4 is 5.32 Å². The van der Waals surface area contributed by atoms with Gasteiger partial charge in [-0.25, -0.2) is 0 Å². The summed E-state index contributed by atoms with van der Waals surface area (Å²) in [5, 5.41) is 12.2. The lowest BCUT2D eigenvalue weighted by Crippen LogP contribution is -2.51. The molecule has 1 aliphatic rings. The number of aliphatic carboxylic acids is 1. The van der Waals surface area contributed by atoms with E-state index in [2.05, 4.69) is 5.32 Å². The van der Waals surface area contributed by atoms with Crippen LogP contribution in [0.4, 0.5) is 0 Å². The first-order valence-corrected chi connectivity index (χ1v) is 7.31. The Hall–Kier alpha value is -1.59. The Labute approximate surface area is 128 Å². The number of amides is 1. The maximum Gasteiger partial charge on any atom is 0.303 e. The number of carboxylic acids is 1. The highest BCUT2D eigenvalue weighted by atomic mass is 35.5. The summed E-state index contributed by atoms with van der Waals surface area (Å²) in [6, 6.07) is 7.27. The Bertz CT molecular complexity index is 529. The number of carbonyl (C=O) groups excluding carboxylic acids is 1. The number of likely N-dealkylation sites (tertiary alicyclic amines) is 1. The zero-order valence-corrected chi connectivity index (χ0v) is 12.6. The van der Waals surface area contributed by atoms with Gasteiger partial charge in [-0.05, 0) is 24.5 Å². The molecule has 1 heterocycles. The molecule has 0 spiro atoms. The third kappa shape index (κ3) is 4.44. The van der Waals surface area contributed by atoms with Crippen molar-refractivity contribution in [1.82, 2.24) is 10.2 Å². The molecule has 0 radical (unpaired) electrons. The van der Waals surface area contributed by atoms with Gasteiger partial charge in [0.25, 0.3) is 0 Å². The van der Waals surface area contributed by atoms with Gasteiger partial charge in [-0.2, -0.15) is 0 Å². The quantitative estimate of drug-likeness (QED) is 0.842. The zero-order valence-electron chi connectivity index (χ0n) is 11.9. The van der Waals surface area contributed by atoms with Crippen LogP contribution in [0.5, 0.6) is 0 Å². The number of carboxylic acid groups (broad SMARTS) is 1. The van der Waals surface area contributed by atoms with Gasteiger partial charge in [-0.3, -0.25) is 14.5 Å². The van der Waals surface area contributed by atoms with E-state index in [1.807, 2.05) is 30.0 Å². The molecule has 21 heavy (non-hydrogen) atoms. The average Bonchev–Trinajstić information content (AvgIpc) is 2.36. The summed E-state index contributed by atoms with van der Waals surface area (Å²) in [6.07, 6.45) is 0.175. The predicted molar refractivity (Wildman–Crippen MR) is 80.2 cm³/mol. The van der Waals surface area contributed by atoms with Crippen molar-refractivity contribution < 1.29 is 14.7 Å². The molecule has 114 valence electrons. The number of rotatable bonds is 6. The molecular weight excluding hydrogens is 292 g/mol. The van der Waals surface area contributed by atoms with E-state index in [0.717, 1.165) is 5.56 Å². The van der Waals surface area contributed by atoms with E-state index in [0.29, 0.717) is 24.7 Å². The maximum absolute atomic E-state index is 12.0. The topological polar surface area (TPSA) is 69.6 Å². The second-order valence-corrected chi connectivity index (χ2v) is 5.88. The number of hydrogen-bond acceptors (Lipinski definition) is 3. The second kappa shape index (κ2) is 6.91. The fraction of sp³-hybridized carbons (Fsp3) is 0.467. The van der Waals surface area contributed by atoms with Crippen molar-refractivity contribution in [2.24, 2.45) is 5.92 Å². The lowest BCUT2D eigenvalue weighted by molar-refractivity contribution is -0.139. The molecule has 1 atom stereocenters. The van der Waals surface area contributed by atoms with Gasteiger partial charge in [-0.1, -0.05) is 29.8 Å². The molecule has 0 bridgehead atoms. The molecule has 5 nitrogen and oxygen atoms in total. The first-order valence-electron chi connectivity index (χ1n) is 6.93. The summed E-state index contributed by atoms with van der Waals surface area (Å²) in [4.78, 5) is 24.5. The fourth-order valence-corrected chi connectivity index (χ4v) is 2.88. The van der Waals surface area contributed by atoms with E-state index in [-0.39, 0.29) is 24.3 Å². The van der Waals surface area contributed by atoms with Crippen LogP contribution in [0.1, 0.15) is 24.9 Å². The standard InChI is InChI=1S/C15H19ClN2O3/c1-10(12-4-2-3-5-13(12)16)17-14(19)9-18-7-11(8-18)6-15(20)21/h2-5,10-11H,6-9H2,1H3,(H,17,19)(H,20,21). The third-order valence-electron chi connectivity index (χ3n) is 3.61. The van der Waals surface area contributed by atoms with Crippen LogP contribution in [0.25, 0.3) is 0 Å². The molecule has 0 aromatic heterocycles. The van der Waals surface area contributed by atoms with Crippen molar-refractivity contribution in [2.75, 3.05) is 19.6 Å². The van der Waals surface area contributed by atoms with Crippen LogP contribution in [0.3, 0.4) is 0 Å². The molecule has 1 unspecified atom stereocenters. The minimum Gasteiger partial charge on any atom is -0.481 e. The number of halogens is 1. The van der Waals surface area contributed by atoms with E-state index < -0.39 is 5.97 Å². The maximum atomic E-state index is 12.0. The molecule has 6 heteroatoms. The summed E-state index contributed by atoms with van der Waals surface area (Å²) in [5.74, 6) is -0.691. The molecule has 1 aromatic rings. The van der Waals surface area contributed by atoms with E-state index in [1.54, 1.807) is 6.07 Å². The van der Waals surface area contributed by atoms with Gasteiger partial charge in [0.2, 0.25) is 5.91 Å². The SMILES string of the molecule is CC(NC(=O)CN1CC(CC(=O)O)C1)c1ccccc1Cl. The van der Waals surface area contributed by atoms with Crippen LogP contribution in [-0.4, -0.2) is 41.5 Å². The highest BCUT2D eigenvalue weighted by Crippen LogP contribution is 2.22. The Balaban J connectivity index is 1.76. The van der Waals surface area contributed by atoms with E-state index in [1.165, 1.54) is 0 Å². The Morgan fingerprint density at radius 2 is 2.10 bits per heavy atom. The first-order chi connectivity index (χ1) is 9.95. The van der Waals surface area contributed by atoms with Crippen LogP contribution in [0.2, 0.25) is 5.02 Å². The van der Waals surface area contributed by atoms with Crippen LogP contribution >= 0.6 is 11.6 Å². The molecule has 0 saturated carbocycles. The van der Waals surface area contributed by atoms with Crippen LogP contribution in [0.15, 0.2) is 24.3 Å². The number of nitrogens with one attached hydrogen (secondary N) is 1. The lowest BCUT2D eigenvalue weighted by atomic mass is 9.96. The van der Waals surface area contributed by atoms with Gasteiger partial charge < -0.3 is 10.4 Å². The molecule has 0 aliphatic carbocycles. The summed E-state index contributed by atoms with van der Waals surface area (Å²) in [5.41, 5.74) is 0.889. The molecule has 1 fully saturated rings. The summed E-state index contributed by atoms with van der Waals surface area (Å²) >= 11 is 6.10. The molecule has 2 N–H and O–H groups in total. The Morgan fingerprint density at radius 1 is 1.43 bits per heavy atom. The number of carbonyl (C=O) groups is 2. The van der Waals surface area contributed by atoms with Gasteiger partial charge in [0.05, 0.1) is 19.0 Å². The second-order valence-electron chi connectivity index (χ2n) is 5.47. The number of nitrogens with zero attached hydrogens (tertiary/aromatic N) is 1. The minimum absolute atomic E-state index is 0.0730. The van der Waals surface area contributed by atoms with Crippen LogP contribution in [0, 0.1) is 5.92 Å². The van der Waals surface area contributed by atoms with Gasteiger partial charge >= 0.3 is 5.97 Å². The molecular formula is C15H19ClN2O3. The molecule has 2 rings (SSSR count). The van der Waals surface area contributed by atoms with Gasteiger partial charge in [-0.15, -0.1) is 0 Å². The third-order valence-corrected chi connectivity index (χ3v) is 3.96. The van der Waals surface area contributed by atoms with Crippen molar-refractivity contribution in [3.8, 4) is 0 Å². The Kier molecular flexibility index (Phi) is 5.20. The highest BCUT2D eigenvalue weighted by molar-refractivity contribution is 6.31. The smallest absolute Gasteiger partial charge is 0.303 e. The molecule has 1 aromatic carbocycles. The molecule has 1 aliphatic heterocycles. The van der Waals surface area contributed by atoms with Gasteiger partial charge in [0, 0.05) is 18.1 Å². The predicted octanol–water partition coefficient (Wildman–Crippen LogP) is 1.92.